The fraction of sp³-hybridized carbons (Fsp3) is 0.385. The standard InChI is InChI=1S/C13H16N4O3/c1-13(2)11(18)10(16-17-12(15)19)8-5-7(6-14)3-4-9(8)20-13/h3-5,10-11,16,18H,1-2H3,(H3,15,17,19)/t10-,11+/m0/s1. The predicted molar refractivity (Wildman–Crippen MR) is 70.5 cm³/mol. The number of fused-ring (bicyclic) bond motifs is 1. The number of aliphatic hydroxyl groups excluding tert-OH is 1. The zero-order valence-corrected chi connectivity index (χ0v) is 11.2. The molecule has 0 saturated heterocycles. The number of nitrogens with zero attached hydrogens (tertiary/aromatic N) is 1. The summed E-state index contributed by atoms with van der Waals surface area (Å²) in [4.78, 5) is 10.8. The van der Waals surface area contributed by atoms with Crippen LogP contribution in [0.5, 0.6) is 5.75 Å². The van der Waals surface area contributed by atoms with Crippen LogP contribution >= 0.6 is 0 Å². The summed E-state index contributed by atoms with van der Waals surface area (Å²) >= 11 is 0. The topological polar surface area (TPSA) is 120 Å². The lowest BCUT2D eigenvalue weighted by Gasteiger charge is -2.42. The number of carbonyl (C=O) groups excluding carboxylic acids is 1. The van der Waals surface area contributed by atoms with Crippen molar-refractivity contribution in [2.75, 3.05) is 0 Å². The lowest BCUT2D eigenvalue weighted by Crippen LogP contribution is -2.56. The van der Waals surface area contributed by atoms with E-state index in [1.165, 1.54) is 0 Å². The third-order valence-corrected chi connectivity index (χ3v) is 3.23. The largest absolute Gasteiger partial charge is 0.485 e. The quantitative estimate of drug-likeness (QED) is 0.579. The third-order valence-electron chi connectivity index (χ3n) is 3.23. The van der Waals surface area contributed by atoms with E-state index in [1.54, 1.807) is 32.0 Å². The van der Waals surface area contributed by atoms with E-state index in [1.807, 2.05) is 6.07 Å². The van der Waals surface area contributed by atoms with Gasteiger partial charge in [-0.15, -0.1) is 0 Å². The van der Waals surface area contributed by atoms with E-state index < -0.39 is 23.8 Å². The van der Waals surface area contributed by atoms with Gasteiger partial charge in [0.25, 0.3) is 0 Å². The lowest BCUT2D eigenvalue weighted by molar-refractivity contribution is -0.0662. The average Bonchev–Trinajstić information content (AvgIpc) is 2.38. The van der Waals surface area contributed by atoms with Crippen LogP contribution in [0, 0.1) is 11.3 Å². The number of nitriles is 1. The number of carbonyl (C=O) groups is 1. The number of ether oxygens (including phenoxy) is 1. The number of hydrogen-bond acceptors (Lipinski definition) is 5. The van der Waals surface area contributed by atoms with E-state index in [0.29, 0.717) is 16.9 Å². The number of rotatable bonds is 2. The van der Waals surface area contributed by atoms with Crippen molar-refractivity contribution in [2.24, 2.45) is 5.73 Å². The maximum absolute atomic E-state index is 10.8. The highest BCUT2D eigenvalue weighted by molar-refractivity contribution is 5.71. The van der Waals surface area contributed by atoms with Crippen LogP contribution in [0.1, 0.15) is 31.0 Å². The molecule has 5 N–H and O–H groups in total. The zero-order chi connectivity index (χ0) is 14.9. The van der Waals surface area contributed by atoms with Crippen LogP contribution in [0.25, 0.3) is 0 Å². The Morgan fingerprint density at radius 3 is 2.85 bits per heavy atom. The predicted octanol–water partition coefficient (Wildman–Crippen LogP) is 0.304. The Morgan fingerprint density at radius 2 is 2.25 bits per heavy atom. The van der Waals surface area contributed by atoms with Gasteiger partial charge in [-0.1, -0.05) is 0 Å². The minimum atomic E-state index is -0.934. The third kappa shape index (κ3) is 2.52. The van der Waals surface area contributed by atoms with Gasteiger partial charge in [-0.2, -0.15) is 5.26 Å². The molecule has 106 valence electrons. The van der Waals surface area contributed by atoms with Crippen molar-refractivity contribution in [1.82, 2.24) is 10.9 Å². The molecule has 0 unspecified atom stereocenters. The minimum Gasteiger partial charge on any atom is -0.485 e. The normalized spacial score (nSPS) is 23.1. The summed E-state index contributed by atoms with van der Waals surface area (Å²) in [6.07, 6.45) is -0.934. The van der Waals surface area contributed by atoms with Crippen LogP contribution < -0.4 is 21.3 Å². The molecule has 1 aromatic carbocycles. The summed E-state index contributed by atoms with van der Waals surface area (Å²) in [7, 11) is 0. The molecule has 2 amide bonds. The summed E-state index contributed by atoms with van der Waals surface area (Å²) < 4.78 is 5.72. The molecule has 0 aromatic heterocycles. The Labute approximate surface area is 116 Å². The van der Waals surface area contributed by atoms with Crippen LogP contribution in [0.3, 0.4) is 0 Å². The Kier molecular flexibility index (Phi) is 3.53. The van der Waals surface area contributed by atoms with Gasteiger partial charge < -0.3 is 15.6 Å². The second kappa shape index (κ2) is 5.00. The average molecular weight is 276 g/mol. The molecule has 1 heterocycles. The molecule has 0 radical (unpaired) electrons. The second-order valence-electron chi connectivity index (χ2n) is 5.13. The molecule has 1 aromatic rings. The molecule has 1 aliphatic rings. The van der Waals surface area contributed by atoms with Crippen molar-refractivity contribution in [3.05, 3.63) is 29.3 Å². The molecule has 0 fully saturated rings. The van der Waals surface area contributed by atoms with E-state index in [-0.39, 0.29) is 0 Å². The fourth-order valence-electron chi connectivity index (χ4n) is 2.17. The molecule has 20 heavy (non-hydrogen) atoms. The van der Waals surface area contributed by atoms with E-state index in [2.05, 4.69) is 10.9 Å². The van der Waals surface area contributed by atoms with Crippen molar-refractivity contribution in [3.8, 4) is 11.8 Å². The zero-order valence-electron chi connectivity index (χ0n) is 11.2. The van der Waals surface area contributed by atoms with E-state index in [9.17, 15) is 9.90 Å². The van der Waals surface area contributed by atoms with E-state index in [4.69, 9.17) is 15.7 Å². The highest BCUT2D eigenvalue weighted by Gasteiger charge is 2.43. The summed E-state index contributed by atoms with van der Waals surface area (Å²) in [5.74, 6) is 0.545. The first-order valence-corrected chi connectivity index (χ1v) is 6.07. The molecule has 0 saturated carbocycles. The van der Waals surface area contributed by atoms with Gasteiger partial charge in [0.15, 0.2) is 0 Å². The maximum Gasteiger partial charge on any atom is 0.326 e. The monoisotopic (exact) mass is 276 g/mol. The SMILES string of the molecule is CC1(C)Oc2ccc(C#N)cc2[C@H](NNC(N)=O)[C@H]1O. The highest BCUT2D eigenvalue weighted by atomic mass is 16.5. The maximum atomic E-state index is 10.8. The molecular formula is C13H16N4O3. The van der Waals surface area contributed by atoms with Crippen molar-refractivity contribution in [1.29, 1.82) is 5.26 Å². The Balaban J connectivity index is 2.42. The van der Waals surface area contributed by atoms with Crippen LogP contribution in [-0.2, 0) is 0 Å². The van der Waals surface area contributed by atoms with Crippen LogP contribution in [0.15, 0.2) is 18.2 Å². The number of hydrazine groups is 1. The first-order valence-electron chi connectivity index (χ1n) is 6.07. The molecule has 1 aliphatic heterocycles. The summed E-state index contributed by atoms with van der Waals surface area (Å²) in [5, 5.41) is 19.3. The Hall–Kier alpha value is -2.30. The minimum absolute atomic E-state index is 0.435. The van der Waals surface area contributed by atoms with Gasteiger partial charge >= 0.3 is 6.03 Å². The molecule has 7 nitrogen and oxygen atoms in total. The summed E-state index contributed by atoms with van der Waals surface area (Å²) in [6.45, 7) is 3.47. The molecule has 2 atom stereocenters. The Morgan fingerprint density at radius 1 is 1.55 bits per heavy atom. The number of urea groups is 1. The lowest BCUT2D eigenvalue weighted by atomic mass is 9.86. The van der Waals surface area contributed by atoms with E-state index >= 15 is 0 Å². The van der Waals surface area contributed by atoms with Crippen LogP contribution in [0.4, 0.5) is 4.79 Å². The second-order valence-corrected chi connectivity index (χ2v) is 5.13. The number of benzene rings is 1. The van der Waals surface area contributed by atoms with Crippen molar-refractivity contribution in [3.63, 3.8) is 0 Å². The molecule has 2 rings (SSSR count). The number of primary amides is 1. The highest BCUT2D eigenvalue weighted by Crippen LogP contribution is 2.39. The number of hydrogen-bond donors (Lipinski definition) is 4. The van der Waals surface area contributed by atoms with Gasteiger partial charge in [0.05, 0.1) is 17.7 Å². The Bertz CT molecular complexity index is 579. The number of amides is 2. The smallest absolute Gasteiger partial charge is 0.326 e. The first kappa shape index (κ1) is 14.1. The number of nitrogens with one attached hydrogen (secondary N) is 2. The summed E-state index contributed by atoms with van der Waals surface area (Å²) in [6, 6.07) is 5.53. The van der Waals surface area contributed by atoms with Gasteiger partial charge in [0.2, 0.25) is 0 Å². The molecule has 0 spiro atoms. The van der Waals surface area contributed by atoms with Gasteiger partial charge in [-0.05, 0) is 32.0 Å². The molecular weight excluding hydrogens is 260 g/mol. The van der Waals surface area contributed by atoms with Gasteiger partial charge in [-0.25, -0.2) is 10.2 Å². The van der Waals surface area contributed by atoms with Gasteiger partial charge in [0.1, 0.15) is 17.5 Å². The molecule has 0 bridgehead atoms. The van der Waals surface area contributed by atoms with Crippen molar-refractivity contribution < 1.29 is 14.6 Å². The van der Waals surface area contributed by atoms with E-state index in [0.717, 1.165) is 0 Å². The number of nitrogens with two attached hydrogens (primary N) is 1. The van der Waals surface area contributed by atoms with Crippen LogP contribution in [0.2, 0.25) is 0 Å². The van der Waals surface area contributed by atoms with Crippen LogP contribution in [-0.4, -0.2) is 22.8 Å². The fourth-order valence-corrected chi connectivity index (χ4v) is 2.17. The summed E-state index contributed by atoms with van der Waals surface area (Å²) in [5.41, 5.74) is 10.1. The molecule has 7 heteroatoms. The number of aliphatic hydroxyl groups is 1. The van der Waals surface area contributed by atoms with Gasteiger partial charge in [0, 0.05) is 5.56 Å². The molecule has 0 aliphatic carbocycles. The first-order chi connectivity index (χ1) is 9.35. The van der Waals surface area contributed by atoms with Gasteiger partial charge in [-0.3, -0.25) is 5.43 Å². The van der Waals surface area contributed by atoms with Crippen molar-refractivity contribution in [2.45, 2.75) is 31.6 Å². The van der Waals surface area contributed by atoms with Crippen molar-refractivity contribution >= 4 is 6.03 Å².